The molecule has 0 radical (unpaired) electrons. The van der Waals surface area contributed by atoms with Crippen LogP contribution in [0.25, 0.3) is 0 Å². The molecule has 1 aliphatic carbocycles. The zero-order valence-corrected chi connectivity index (χ0v) is 17.7. The summed E-state index contributed by atoms with van der Waals surface area (Å²) < 4.78 is 6.93. The van der Waals surface area contributed by atoms with Gasteiger partial charge in [-0.15, -0.1) is 0 Å². The molecule has 140 valence electrons. The van der Waals surface area contributed by atoms with E-state index in [1.54, 1.807) is 0 Å². The van der Waals surface area contributed by atoms with E-state index in [-0.39, 0.29) is 10.6 Å². The summed E-state index contributed by atoms with van der Waals surface area (Å²) >= 11 is 0. The number of hydrogen-bond acceptors (Lipinski definition) is 2. The van der Waals surface area contributed by atoms with Gasteiger partial charge < -0.3 is 10.2 Å². The van der Waals surface area contributed by atoms with E-state index in [4.69, 9.17) is 10.2 Å². The lowest BCUT2D eigenvalue weighted by Crippen LogP contribution is -2.67. The largest absolute Gasteiger partial charge is 0.407 e. The molecule has 0 aromatic heterocycles. The maximum Gasteiger partial charge on any atom is 0.261 e. The fourth-order valence-electron chi connectivity index (χ4n) is 4.70. The number of hydrogen-bond donors (Lipinski definition) is 1. The Bertz CT molecular complexity index is 662. The SMILES string of the molecule is CC1CC(N)(CCO[Si](c2ccccc2)(c2ccccc2)C(C)(C)C)C1. The number of nitrogens with two attached hydrogens (primary N) is 1. The average molecular weight is 368 g/mol. The van der Waals surface area contributed by atoms with Crippen LogP contribution in [0, 0.1) is 5.92 Å². The topological polar surface area (TPSA) is 35.2 Å². The van der Waals surface area contributed by atoms with E-state index in [1.807, 2.05) is 0 Å². The summed E-state index contributed by atoms with van der Waals surface area (Å²) in [7, 11) is -2.41. The molecule has 2 N–H and O–H groups in total. The van der Waals surface area contributed by atoms with E-state index < -0.39 is 8.32 Å². The van der Waals surface area contributed by atoms with Gasteiger partial charge in [0.1, 0.15) is 0 Å². The van der Waals surface area contributed by atoms with E-state index in [0.717, 1.165) is 31.8 Å². The molecule has 1 saturated carbocycles. The van der Waals surface area contributed by atoms with Crippen LogP contribution in [-0.4, -0.2) is 20.5 Å². The van der Waals surface area contributed by atoms with Crippen LogP contribution < -0.4 is 16.1 Å². The lowest BCUT2D eigenvalue weighted by Gasteiger charge is -2.46. The monoisotopic (exact) mass is 367 g/mol. The van der Waals surface area contributed by atoms with Crippen molar-refractivity contribution in [2.75, 3.05) is 6.61 Å². The lowest BCUT2D eigenvalue weighted by atomic mass is 9.68. The number of benzene rings is 2. The van der Waals surface area contributed by atoms with E-state index in [2.05, 4.69) is 88.4 Å². The zero-order chi connectivity index (χ0) is 18.8. The molecule has 0 atom stereocenters. The molecule has 2 nitrogen and oxygen atoms in total. The summed E-state index contributed by atoms with van der Waals surface area (Å²) in [5.74, 6) is 0.757. The third kappa shape index (κ3) is 3.66. The molecule has 2 aromatic rings. The molecule has 2 aromatic carbocycles. The Kier molecular flexibility index (Phi) is 5.43. The van der Waals surface area contributed by atoms with E-state index in [1.165, 1.54) is 10.4 Å². The molecule has 26 heavy (non-hydrogen) atoms. The van der Waals surface area contributed by atoms with Crippen molar-refractivity contribution in [3.63, 3.8) is 0 Å². The van der Waals surface area contributed by atoms with Crippen molar-refractivity contribution >= 4 is 18.7 Å². The van der Waals surface area contributed by atoms with Gasteiger partial charge in [0.25, 0.3) is 8.32 Å². The van der Waals surface area contributed by atoms with Gasteiger partial charge in [-0.05, 0) is 40.6 Å². The van der Waals surface area contributed by atoms with Crippen molar-refractivity contribution in [2.24, 2.45) is 11.7 Å². The van der Waals surface area contributed by atoms with Crippen molar-refractivity contribution in [1.82, 2.24) is 0 Å². The highest BCUT2D eigenvalue weighted by atomic mass is 28.4. The van der Waals surface area contributed by atoms with Gasteiger partial charge in [-0.1, -0.05) is 88.4 Å². The molecule has 3 rings (SSSR count). The van der Waals surface area contributed by atoms with Crippen molar-refractivity contribution in [3.05, 3.63) is 60.7 Å². The first-order valence-corrected chi connectivity index (χ1v) is 11.7. The molecular weight excluding hydrogens is 334 g/mol. The fourth-order valence-corrected chi connectivity index (χ4v) is 9.26. The van der Waals surface area contributed by atoms with Crippen molar-refractivity contribution in [2.45, 2.75) is 57.5 Å². The van der Waals surface area contributed by atoms with Gasteiger partial charge in [0.15, 0.2) is 0 Å². The molecule has 0 saturated heterocycles. The van der Waals surface area contributed by atoms with E-state index in [9.17, 15) is 0 Å². The summed E-state index contributed by atoms with van der Waals surface area (Å²) in [6.45, 7) is 9.99. The second-order valence-corrected chi connectivity index (χ2v) is 13.4. The third-order valence-electron chi connectivity index (χ3n) is 5.85. The Morgan fingerprint density at radius 1 is 0.962 bits per heavy atom. The minimum absolute atomic E-state index is 0.0230. The Balaban J connectivity index is 1.95. The van der Waals surface area contributed by atoms with Crippen LogP contribution >= 0.6 is 0 Å². The lowest BCUT2D eigenvalue weighted by molar-refractivity contribution is 0.124. The highest BCUT2D eigenvalue weighted by Gasteiger charge is 2.50. The minimum atomic E-state index is -2.41. The van der Waals surface area contributed by atoms with Crippen LogP contribution in [0.2, 0.25) is 5.04 Å². The maximum absolute atomic E-state index is 6.93. The van der Waals surface area contributed by atoms with Crippen LogP contribution in [0.3, 0.4) is 0 Å². The first kappa shape index (κ1) is 19.3. The van der Waals surface area contributed by atoms with Crippen LogP contribution in [0.5, 0.6) is 0 Å². The molecule has 1 aliphatic rings. The van der Waals surface area contributed by atoms with Gasteiger partial charge >= 0.3 is 0 Å². The van der Waals surface area contributed by atoms with Crippen LogP contribution in [-0.2, 0) is 4.43 Å². The second kappa shape index (κ2) is 7.30. The molecule has 3 heteroatoms. The zero-order valence-electron chi connectivity index (χ0n) is 16.7. The summed E-state index contributed by atoms with van der Waals surface area (Å²) in [5.41, 5.74) is 6.52. The standard InChI is InChI=1S/C23H33NOSi/c1-19-17-23(24,18-19)15-16-25-26(22(2,3)4,20-11-7-5-8-12-20)21-13-9-6-10-14-21/h5-14,19H,15-18,24H2,1-4H3. The number of rotatable bonds is 6. The summed E-state index contributed by atoms with van der Waals surface area (Å²) in [5, 5.41) is 2.71. The van der Waals surface area contributed by atoms with Crippen molar-refractivity contribution in [3.8, 4) is 0 Å². The molecule has 0 spiro atoms. The summed E-state index contributed by atoms with van der Waals surface area (Å²) in [4.78, 5) is 0. The average Bonchev–Trinajstić information content (AvgIpc) is 2.58. The molecule has 0 heterocycles. The highest BCUT2D eigenvalue weighted by Crippen LogP contribution is 2.40. The minimum Gasteiger partial charge on any atom is -0.407 e. The summed E-state index contributed by atoms with van der Waals surface area (Å²) in [6.07, 6.45) is 3.19. The Morgan fingerprint density at radius 3 is 1.81 bits per heavy atom. The molecular formula is C23H33NOSi. The van der Waals surface area contributed by atoms with E-state index in [0.29, 0.717) is 0 Å². The molecule has 0 bridgehead atoms. The van der Waals surface area contributed by atoms with Gasteiger partial charge in [0.05, 0.1) is 0 Å². The smallest absolute Gasteiger partial charge is 0.261 e. The fraction of sp³-hybridized carbons (Fsp3) is 0.478. The van der Waals surface area contributed by atoms with Gasteiger partial charge in [0, 0.05) is 12.1 Å². The van der Waals surface area contributed by atoms with Gasteiger partial charge in [-0.3, -0.25) is 0 Å². The molecule has 0 amide bonds. The first-order chi connectivity index (χ1) is 12.3. The summed E-state index contributed by atoms with van der Waals surface area (Å²) in [6, 6.07) is 21.7. The third-order valence-corrected chi connectivity index (χ3v) is 10.9. The predicted molar refractivity (Wildman–Crippen MR) is 114 cm³/mol. The normalized spacial score (nSPS) is 23.5. The van der Waals surface area contributed by atoms with Crippen LogP contribution in [0.1, 0.15) is 47.0 Å². The van der Waals surface area contributed by atoms with Crippen molar-refractivity contribution < 1.29 is 4.43 Å². The van der Waals surface area contributed by atoms with Crippen molar-refractivity contribution in [1.29, 1.82) is 0 Å². The highest BCUT2D eigenvalue weighted by molar-refractivity contribution is 6.99. The molecule has 0 aliphatic heterocycles. The van der Waals surface area contributed by atoms with Gasteiger partial charge in [0.2, 0.25) is 0 Å². The Labute approximate surface area is 159 Å². The van der Waals surface area contributed by atoms with Gasteiger partial charge in [-0.25, -0.2) is 0 Å². The van der Waals surface area contributed by atoms with Gasteiger partial charge in [-0.2, -0.15) is 0 Å². The second-order valence-electron chi connectivity index (χ2n) is 9.14. The molecule has 1 fully saturated rings. The Morgan fingerprint density at radius 2 is 1.42 bits per heavy atom. The first-order valence-electron chi connectivity index (χ1n) is 9.81. The quantitative estimate of drug-likeness (QED) is 0.781. The Hall–Kier alpha value is -1.42. The van der Waals surface area contributed by atoms with Crippen LogP contribution in [0.15, 0.2) is 60.7 Å². The van der Waals surface area contributed by atoms with Crippen LogP contribution in [0.4, 0.5) is 0 Å². The van der Waals surface area contributed by atoms with E-state index >= 15 is 0 Å². The maximum atomic E-state index is 6.93. The molecule has 0 unspecified atom stereocenters. The predicted octanol–water partition coefficient (Wildman–Crippen LogP) is 4.08.